The lowest BCUT2D eigenvalue weighted by molar-refractivity contribution is 0.0698. The van der Waals surface area contributed by atoms with Gasteiger partial charge in [-0.15, -0.1) is 0 Å². The lowest BCUT2D eigenvalue weighted by Gasteiger charge is -2.29. The number of carbonyl (C=O) groups is 1. The number of hydrogen-bond acceptors (Lipinski definition) is 4. The van der Waals surface area contributed by atoms with Crippen molar-refractivity contribution >= 4 is 17.3 Å². The van der Waals surface area contributed by atoms with E-state index in [-0.39, 0.29) is 11.3 Å². The molecule has 5 rings (SSSR count). The second-order valence-corrected chi connectivity index (χ2v) is 9.65. The third-order valence-electron chi connectivity index (χ3n) is 6.50. The van der Waals surface area contributed by atoms with Crippen LogP contribution in [0.3, 0.4) is 0 Å². The van der Waals surface area contributed by atoms with Gasteiger partial charge in [0.15, 0.2) is 5.76 Å². The van der Waals surface area contributed by atoms with Crippen LogP contribution in [0.15, 0.2) is 64.1 Å². The number of hydrogen-bond donors (Lipinski definition) is 1. The van der Waals surface area contributed by atoms with E-state index in [1.807, 2.05) is 48.2 Å². The molecule has 32 heavy (non-hydrogen) atoms. The second kappa shape index (κ2) is 7.97. The summed E-state index contributed by atoms with van der Waals surface area (Å²) >= 11 is 0. The minimum Gasteiger partial charge on any atom is -0.455 e. The molecule has 2 aromatic carbocycles. The van der Waals surface area contributed by atoms with Crippen molar-refractivity contribution in [3.05, 3.63) is 88.4 Å². The van der Waals surface area contributed by atoms with Crippen LogP contribution in [0, 0.1) is 12.3 Å². The van der Waals surface area contributed by atoms with E-state index in [1.54, 1.807) is 0 Å². The first-order valence-corrected chi connectivity index (χ1v) is 11.3. The van der Waals surface area contributed by atoms with E-state index in [0.717, 1.165) is 47.5 Å². The maximum atomic E-state index is 13.5. The topological polar surface area (TPSA) is 57.8 Å². The Morgan fingerprint density at radius 1 is 1.03 bits per heavy atom. The monoisotopic (exact) mass is 427 g/mol. The molecule has 1 N–H and O–H groups in total. The standard InChI is InChI=1S/C27H29N3O2/c1-18-24-22(29-28-21-11-5-4-6-12-21)15-27(2,3)16-23(24)32-25(18)26(31)30-14-13-19-9-7-8-10-20(19)17-30/h4-12,28H,13-17H2,1-3H3/b29-22-. The molecule has 164 valence electrons. The van der Waals surface area contributed by atoms with Crippen LogP contribution in [-0.2, 0) is 19.4 Å². The number of benzene rings is 2. The van der Waals surface area contributed by atoms with E-state index in [9.17, 15) is 4.79 Å². The normalized spacial score (nSPS) is 18.2. The van der Waals surface area contributed by atoms with Gasteiger partial charge >= 0.3 is 0 Å². The van der Waals surface area contributed by atoms with Gasteiger partial charge in [0.05, 0.1) is 11.4 Å². The van der Waals surface area contributed by atoms with Crippen molar-refractivity contribution in [3.8, 4) is 0 Å². The SMILES string of the molecule is Cc1c(C(=O)N2CCc3ccccc3C2)oc2c1/C(=N\Nc1ccccc1)CC(C)(C)C2. The van der Waals surface area contributed by atoms with Crippen molar-refractivity contribution in [1.29, 1.82) is 0 Å². The molecule has 2 aliphatic rings. The van der Waals surface area contributed by atoms with Crippen LogP contribution in [0.25, 0.3) is 0 Å². The highest BCUT2D eigenvalue weighted by Gasteiger charge is 2.37. The molecule has 1 aliphatic heterocycles. The first-order chi connectivity index (χ1) is 15.4. The van der Waals surface area contributed by atoms with Crippen LogP contribution in [0.4, 0.5) is 5.69 Å². The number of furan rings is 1. The minimum atomic E-state index is -0.0282. The van der Waals surface area contributed by atoms with Gasteiger partial charge in [0, 0.05) is 30.6 Å². The number of fused-ring (bicyclic) bond motifs is 2. The summed E-state index contributed by atoms with van der Waals surface area (Å²) in [5.41, 5.74) is 9.52. The fraction of sp³-hybridized carbons (Fsp3) is 0.333. The molecule has 0 bridgehead atoms. The Bertz CT molecular complexity index is 1190. The smallest absolute Gasteiger partial charge is 0.290 e. The number of anilines is 1. The van der Waals surface area contributed by atoms with E-state index in [0.29, 0.717) is 18.8 Å². The molecule has 2 heterocycles. The zero-order chi connectivity index (χ0) is 22.3. The molecule has 1 aromatic heterocycles. The van der Waals surface area contributed by atoms with E-state index >= 15 is 0 Å². The molecule has 0 atom stereocenters. The average molecular weight is 428 g/mol. The van der Waals surface area contributed by atoms with Gasteiger partial charge in [-0.25, -0.2) is 0 Å². The van der Waals surface area contributed by atoms with Crippen molar-refractivity contribution in [3.63, 3.8) is 0 Å². The minimum absolute atomic E-state index is 0.0128. The summed E-state index contributed by atoms with van der Waals surface area (Å²) < 4.78 is 6.26. The van der Waals surface area contributed by atoms with E-state index < -0.39 is 0 Å². The van der Waals surface area contributed by atoms with Gasteiger partial charge in [0.25, 0.3) is 5.91 Å². The maximum Gasteiger partial charge on any atom is 0.290 e. The molecule has 0 saturated heterocycles. The van der Waals surface area contributed by atoms with Crippen LogP contribution in [-0.4, -0.2) is 23.1 Å². The van der Waals surface area contributed by atoms with Gasteiger partial charge in [-0.05, 0) is 48.4 Å². The molecule has 5 nitrogen and oxygen atoms in total. The summed E-state index contributed by atoms with van der Waals surface area (Å²) in [4.78, 5) is 15.4. The largest absolute Gasteiger partial charge is 0.455 e. The molecular formula is C27H29N3O2. The molecule has 0 saturated carbocycles. The average Bonchev–Trinajstić information content (AvgIpc) is 3.12. The zero-order valence-electron chi connectivity index (χ0n) is 18.9. The predicted molar refractivity (Wildman–Crippen MR) is 127 cm³/mol. The van der Waals surface area contributed by atoms with Crippen molar-refractivity contribution in [2.45, 2.75) is 46.6 Å². The van der Waals surface area contributed by atoms with E-state index in [4.69, 9.17) is 9.52 Å². The number of nitrogens with zero attached hydrogens (tertiary/aromatic N) is 2. The summed E-state index contributed by atoms with van der Waals surface area (Å²) in [6, 6.07) is 18.3. The maximum absolute atomic E-state index is 13.5. The first-order valence-electron chi connectivity index (χ1n) is 11.3. The highest BCUT2D eigenvalue weighted by Crippen LogP contribution is 2.39. The van der Waals surface area contributed by atoms with Crippen molar-refractivity contribution in [1.82, 2.24) is 4.90 Å². The summed E-state index contributed by atoms with van der Waals surface area (Å²) in [5, 5.41) is 4.75. The fourth-order valence-electron chi connectivity index (χ4n) is 4.87. The Hall–Kier alpha value is -3.34. The van der Waals surface area contributed by atoms with Crippen molar-refractivity contribution in [2.24, 2.45) is 10.5 Å². The van der Waals surface area contributed by atoms with Gasteiger partial charge < -0.3 is 9.32 Å². The Morgan fingerprint density at radius 2 is 1.75 bits per heavy atom. The van der Waals surface area contributed by atoms with E-state index in [1.165, 1.54) is 11.1 Å². The van der Waals surface area contributed by atoms with Crippen LogP contribution in [0.1, 0.15) is 58.8 Å². The fourth-order valence-corrected chi connectivity index (χ4v) is 4.87. The van der Waals surface area contributed by atoms with Crippen LogP contribution in [0.2, 0.25) is 0 Å². The molecule has 3 aromatic rings. The highest BCUT2D eigenvalue weighted by atomic mass is 16.4. The Morgan fingerprint density at radius 3 is 2.53 bits per heavy atom. The van der Waals surface area contributed by atoms with Crippen LogP contribution < -0.4 is 5.43 Å². The number of carbonyl (C=O) groups excluding carboxylic acids is 1. The molecule has 1 amide bonds. The Labute approximate surface area is 189 Å². The van der Waals surface area contributed by atoms with Gasteiger partial charge in [0.2, 0.25) is 0 Å². The number of rotatable bonds is 3. The molecule has 0 fully saturated rings. The lowest BCUT2D eigenvalue weighted by atomic mass is 9.75. The summed E-state index contributed by atoms with van der Waals surface area (Å²) in [7, 11) is 0. The second-order valence-electron chi connectivity index (χ2n) is 9.65. The molecule has 0 spiro atoms. The van der Waals surface area contributed by atoms with Gasteiger partial charge in [0.1, 0.15) is 5.76 Å². The number of hydrazone groups is 1. The van der Waals surface area contributed by atoms with Gasteiger partial charge in [-0.1, -0.05) is 56.3 Å². The number of amides is 1. The third kappa shape index (κ3) is 3.83. The summed E-state index contributed by atoms with van der Waals surface area (Å²) in [5.74, 6) is 1.30. The quantitative estimate of drug-likeness (QED) is 0.556. The van der Waals surface area contributed by atoms with Crippen LogP contribution in [0.5, 0.6) is 0 Å². The molecular weight excluding hydrogens is 398 g/mol. The summed E-state index contributed by atoms with van der Waals surface area (Å²) in [6.45, 7) is 7.76. The highest BCUT2D eigenvalue weighted by molar-refractivity contribution is 6.07. The summed E-state index contributed by atoms with van der Waals surface area (Å²) in [6.07, 6.45) is 2.50. The van der Waals surface area contributed by atoms with E-state index in [2.05, 4.69) is 37.5 Å². The van der Waals surface area contributed by atoms with Gasteiger partial charge in [-0.2, -0.15) is 5.10 Å². The number of nitrogens with one attached hydrogen (secondary N) is 1. The van der Waals surface area contributed by atoms with Gasteiger partial charge in [-0.3, -0.25) is 10.2 Å². The molecule has 0 unspecified atom stereocenters. The molecule has 1 aliphatic carbocycles. The Balaban J connectivity index is 1.46. The number of para-hydroxylation sites is 1. The predicted octanol–water partition coefficient (Wildman–Crippen LogP) is 5.58. The van der Waals surface area contributed by atoms with Crippen LogP contribution >= 0.6 is 0 Å². The molecule has 5 heteroatoms. The zero-order valence-corrected chi connectivity index (χ0v) is 18.9. The molecule has 0 radical (unpaired) electrons. The van der Waals surface area contributed by atoms with Crippen molar-refractivity contribution in [2.75, 3.05) is 12.0 Å². The lowest BCUT2D eigenvalue weighted by Crippen LogP contribution is -2.36. The Kier molecular flexibility index (Phi) is 5.12. The third-order valence-corrected chi connectivity index (χ3v) is 6.50. The van der Waals surface area contributed by atoms with Crippen molar-refractivity contribution < 1.29 is 9.21 Å². The first kappa shape index (κ1) is 20.6.